The van der Waals surface area contributed by atoms with Gasteiger partial charge in [0.1, 0.15) is 11.4 Å². The SMILES string of the molecule is COC(=O)c1ccc(NC(=O)c2[nH]c3ccc(OC)cc3c2C)cc1. The van der Waals surface area contributed by atoms with E-state index in [0.717, 1.165) is 22.2 Å². The molecule has 0 radical (unpaired) electrons. The van der Waals surface area contributed by atoms with E-state index in [0.29, 0.717) is 16.9 Å². The number of nitrogens with one attached hydrogen (secondary N) is 2. The number of benzene rings is 2. The summed E-state index contributed by atoms with van der Waals surface area (Å²) in [6.07, 6.45) is 0. The molecule has 6 nitrogen and oxygen atoms in total. The van der Waals surface area contributed by atoms with Gasteiger partial charge in [-0.1, -0.05) is 0 Å². The number of H-pyrrole nitrogens is 1. The number of anilines is 1. The lowest BCUT2D eigenvalue weighted by molar-refractivity contribution is 0.0600. The van der Waals surface area contributed by atoms with Gasteiger partial charge in [0, 0.05) is 16.6 Å². The molecule has 0 aliphatic heterocycles. The van der Waals surface area contributed by atoms with Gasteiger partial charge in [-0.05, 0) is 55.0 Å². The summed E-state index contributed by atoms with van der Waals surface area (Å²) in [5.74, 6) is 0.0664. The number of carbonyl (C=O) groups excluding carboxylic acids is 2. The molecule has 3 rings (SSSR count). The summed E-state index contributed by atoms with van der Waals surface area (Å²) in [7, 11) is 2.93. The summed E-state index contributed by atoms with van der Waals surface area (Å²) in [6.45, 7) is 1.88. The van der Waals surface area contributed by atoms with Gasteiger partial charge in [0.05, 0.1) is 19.8 Å². The molecule has 1 aromatic heterocycles. The summed E-state index contributed by atoms with van der Waals surface area (Å²) in [5.41, 5.74) is 3.21. The van der Waals surface area contributed by atoms with Gasteiger partial charge >= 0.3 is 5.97 Å². The molecule has 0 unspecified atom stereocenters. The molecule has 3 aromatic rings. The summed E-state index contributed by atoms with van der Waals surface area (Å²) >= 11 is 0. The van der Waals surface area contributed by atoms with Crippen molar-refractivity contribution in [3.05, 3.63) is 59.3 Å². The van der Waals surface area contributed by atoms with E-state index in [9.17, 15) is 9.59 Å². The van der Waals surface area contributed by atoms with Crippen LogP contribution in [0.25, 0.3) is 10.9 Å². The monoisotopic (exact) mass is 338 g/mol. The molecule has 0 saturated heterocycles. The fraction of sp³-hybridized carbons (Fsp3) is 0.158. The summed E-state index contributed by atoms with van der Waals surface area (Å²) in [6, 6.07) is 12.1. The zero-order chi connectivity index (χ0) is 18.0. The van der Waals surface area contributed by atoms with Gasteiger partial charge in [-0.15, -0.1) is 0 Å². The van der Waals surface area contributed by atoms with Crippen LogP contribution >= 0.6 is 0 Å². The van der Waals surface area contributed by atoms with Crippen LogP contribution in [0.2, 0.25) is 0 Å². The van der Waals surface area contributed by atoms with E-state index in [1.807, 2.05) is 25.1 Å². The van der Waals surface area contributed by atoms with Crippen molar-refractivity contribution in [1.29, 1.82) is 0 Å². The van der Waals surface area contributed by atoms with Crippen LogP contribution in [0.4, 0.5) is 5.69 Å². The highest BCUT2D eigenvalue weighted by molar-refractivity contribution is 6.08. The van der Waals surface area contributed by atoms with E-state index in [2.05, 4.69) is 15.0 Å². The molecule has 25 heavy (non-hydrogen) atoms. The van der Waals surface area contributed by atoms with Gasteiger partial charge in [0.2, 0.25) is 0 Å². The number of ether oxygens (including phenoxy) is 2. The number of esters is 1. The van der Waals surface area contributed by atoms with Crippen molar-refractivity contribution in [2.75, 3.05) is 19.5 Å². The Balaban J connectivity index is 1.85. The predicted molar refractivity (Wildman–Crippen MR) is 95.3 cm³/mol. The first-order valence-electron chi connectivity index (χ1n) is 7.69. The van der Waals surface area contributed by atoms with Crippen LogP contribution in [-0.2, 0) is 4.74 Å². The highest BCUT2D eigenvalue weighted by Gasteiger charge is 2.16. The van der Waals surface area contributed by atoms with Gasteiger partial charge in [0.15, 0.2) is 0 Å². The Morgan fingerprint density at radius 2 is 1.76 bits per heavy atom. The quantitative estimate of drug-likeness (QED) is 0.713. The van der Waals surface area contributed by atoms with Crippen LogP contribution < -0.4 is 10.1 Å². The second-order valence-corrected chi connectivity index (χ2v) is 5.56. The standard InChI is InChI=1S/C19H18N2O4/c1-11-15-10-14(24-2)8-9-16(15)21-17(11)18(22)20-13-6-4-12(5-7-13)19(23)25-3/h4-10,21H,1-3H3,(H,20,22). The number of aryl methyl sites for hydroxylation is 1. The van der Waals surface area contributed by atoms with Crippen LogP contribution in [-0.4, -0.2) is 31.1 Å². The van der Waals surface area contributed by atoms with Crippen LogP contribution in [0, 0.1) is 6.92 Å². The summed E-state index contributed by atoms with van der Waals surface area (Å²) in [4.78, 5) is 27.1. The van der Waals surface area contributed by atoms with Gasteiger partial charge in [-0.3, -0.25) is 4.79 Å². The third-order valence-electron chi connectivity index (χ3n) is 4.06. The van der Waals surface area contributed by atoms with Crippen molar-refractivity contribution < 1.29 is 19.1 Å². The average Bonchev–Trinajstić information content (AvgIpc) is 2.98. The number of aromatic amines is 1. The number of aromatic nitrogens is 1. The molecule has 6 heteroatoms. The zero-order valence-electron chi connectivity index (χ0n) is 14.2. The van der Waals surface area contributed by atoms with E-state index >= 15 is 0 Å². The van der Waals surface area contributed by atoms with Crippen LogP contribution in [0.5, 0.6) is 5.75 Å². The first kappa shape index (κ1) is 16.6. The molecule has 0 spiro atoms. The number of hydrogen-bond donors (Lipinski definition) is 2. The van der Waals surface area contributed by atoms with E-state index in [1.165, 1.54) is 7.11 Å². The zero-order valence-corrected chi connectivity index (χ0v) is 14.2. The molecule has 0 fully saturated rings. The van der Waals surface area contributed by atoms with Crippen molar-refractivity contribution in [3.8, 4) is 5.75 Å². The number of fused-ring (bicyclic) bond motifs is 1. The first-order chi connectivity index (χ1) is 12.0. The summed E-state index contributed by atoms with van der Waals surface area (Å²) < 4.78 is 9.88. The minimum absolute atomic E-state index is 0.251. The fourth-order valence-corrected chi connectivity index (χ4v) is 2.66. The molecule has 2 aromatic carbocycles. The number of carbonyl (C=O) groups is 2. The maximum Gasteiger partial charge on any atom is 0.337 e. The Labute approximate surface area is 144 Å². The molecular formula is C19H18N2O4. The molecule has 0 atom stereocenters. The third kappa shape index (κ3) is 3.19. The third-order valence-corrected chi connectivity index (χ3v) is 4.06. The average molecular weight is 338 g/mol. The van der Waals surface area contributed by atoms with Crippen molar-refractivity contribution >= 4 is 28.5 Å². The number of methoxy groups -OCH3 is 2. The second-order valence-electron chi connectivity index (χ2n) is 5.56. The van der Waals surface area contributed by atoms with E-state index in [4.69, 9.17) is 4.74 Å². The molecular weight excluding hydrogens is 320 g/mol. The van der Waals surface area contributed by atoms with E-state index in [1.54, 1.807) is 31.4 Å². The second kappa shape index (κ2) is 6.68. The summed E-state index contributed by atoms with van der Waals surface area (Å²) in [5, 5.41) is 3.75. The Morgan fingerprint density at radius 3 is 2.40 bits per heavy atom. The van der Waals surface area contributed by atoms with Gasteiger partial charge in [0.25, 0.3) is 5.91 Å². The molecule has 0 saturated carbocycles. The van der Waals surface area contributed by atoms with E-state index in [-0.39, 0.29) is 5.91 Å². The Hall–Kier alpha value is -3.28. The molecule has 0 aliphatic rings. The first-order valence-corrected chi connectivity index (χ1v) is 7.69. The number of rotatable bonds is 4. The Bertz CT molecular complexity index is 942. The maximum atomic E-state index is 12.6. The largest absolute Gasteiger partial charge is 0.497 e. The molecule has 128 valence electrons. The minimum atomic E-state index is -0.418. The lowest BCUT2D eigenvalue weighted by atomic mass is 10.1. The predicted octanol–water partition coefficient (Wildman–Crippen LogP) is 3.52. The van der Waals surface area contributed by atoms with E-state index < -0.39 is 5.97 Å². The number of amides is 1. The van der Waals surface area contributed by atoms with Gasteiger partial charge in [-0.25, -0.2) is 4.79 Å². The minimum Gasteiger partial charge on any atom is -0.497 e. The molecule has 1 amide bonds. The van der Waals surface area contributed by atoms with Gasteiger partial charge < -0.3 is 19.8 Å². The number of hydrogen-bond acceptors (Lipinski definition) is 4. The van der Waals surface area contributed by atoms with Crippen LogP contribution in [0.15, 0.2) is 42.5 Å². The highest BCUT2D eigenvalue weighted by Crippen LogP contribution is 2.26. The maximum absolute atomic E-state index is 12.6. The van der Waals surface area contributed by atoms with Crippen molar-refractivity contribution in [3.63, 3.8) is 0 Å². The van der Waals surface area contributed by atoms with Crippen LogP contribution in [0.3, 0.4) is 0 Å². The Morgan fingerprint density at radius 1 is 1.04 bits per heavy atom. The highest BCUT2D eigenvalue weighted by atomic mass is 16.5. The molecule has 1 heterocycles. The topological polar surface area (TPSA) is 80.4 Å². The van der Waals surface area contributed by atoms with Crippen LogP contribution in [0.1, 0.15) is 26.4 Å². The molecule has 0 bridgehead atoms. The lowest BCUT2D eigenvalue weighted by Crippen LogP contribution is -2.13. The van der Waals surface area contributed by atoms with Gasteiger partial charge in [-0.2, -0.15) is 0 Å². The smallest absolute Gasteiger partial charge is 0.337 e. The Kier molecular flexibility index (Phi) is 4.43. The van der Waals surface area contributed by atoms with Crippen molar-refractivity contribution in [2.45, 2.75) is 6.92 Å². The van der Waals surface area contributed by atoms with Crippen molar-refractivity contribution in [2.24, 2.45) is 0 Å². The van der Waals surface area contributed by atoms with Crippen molar-refractivity contribution in [1.82, 2.24) is 4.98 Å². The molecule has 0 aliphatic carbocycles. The normalized spacial score (nSPS) is 10.5. The fourth-order valence-electron chi connectivity index (χ4n) is 2.66. The molecule has 2 N–H and O–H groups in total. The lowest BCUT2D eigenvalue weighted by Gasteiger charge is -2.06.